The van der Waals surface area contributed by atoms with Crippen LogP contribution in [-0.4, -0.2) is 41.1 Å². The highest BCUT2D eigenvalue weighted by atomic mass is 16.3. The number of hydrogen-bond acceptors (Lipinski definition) is 3. The molecule has 0 aromatic rings. The molecule has 1 aliphatic heterocycles. The van der Waals surface area contributed by atoms with Gasteiger partial charge < -0.3 is 10.0 Å². The Labute approximate surface area is 101 Å². The van der Waals surface area contributed by atoms with E-state index in [4.69, 9.17) is 10.6 Å². The Balaban J connectivity index is 2.54. The molecule has 0 aliphatic carbocycles. The third-order valence-electron chi connectivity index (χ3n) is 3.26. The number of piperidine rings is 1. The quantitative estimate of drug-likeness (QED) is 0.460. The normalized spacial score (nSPS) is 17.7. The molecule has 96 valence electrons. The Hall–Kier alpha value is -1.26. The van der Waals surface area contributed by atoms with Crippen LogP contribution in [0.3, 0.4) is 0 Å². The van der Waals surface area contributed by atoms with E-state index < -0.39 is 5.54 Å². The zero-order chi connectivity index (χ0) is 12.9. The number of rotatable bonds is 4. The number of likely N-dealkylation sites (tertiary alicyclic amines) is 1. The van der Waals surface area contributed by atoms with Crippen LogP contribution in [0.4, 0.5) is 0 Å². The first kappa shape index (κ1) is 13.8. The van der Waals surface area contributed by atoms with E-state index >= 15 is 0 Å². The summed E-state index contributed by atoms with van der Waals surface area (Å²) in [5, 5.41) is 12.4. The van der Waals surface area contributed by atoms with Gasteiger partial charge in [-0.3, -0.25) is 4.79 Å². The second kappa shape index (κ2) is 5.89. The van der Waals surface area contributed by atoms with Gasteiger partial charge in [0, 0.05) is 24.6 Å². The monoisotopic (exact) mass is 240 g/mol. The van der Waals surface area contributed by atoms with E-state index in [0.717, 1.165) is 19.3 Å². The first-order chi connectivity index (χ1) is 8.01. The number of carbonyl (C=O) groups excluding carboxylic acids is 1. The fraction of sp³-hybridized carbons (Fsp3) is 0.909. The van der Waals surface area contributed by atoms with Gasteiger partial charge in [-0.05, 0) is 44.6 Å². The number of amides is 1. The first-order valence-electron chi connectivity index (χ1n) is 5.97. The van der Waals surface area contributed by atoms with Crippen LogP contribution in [0.1, 0.15) is 33.1 Å². The zero-order valence-corrected chi connectivity index (χ0v) is 10.5. The minimum Gasteiger partial charge on any atom is -0.396 e. The number of azide groups is 1. The molecule has 6 heteroatoms. The number of aliphatic hydroxyl groups excluding tert-OH is 1. The van der Waals surface area contributed by atoms with Crippen molar-refractivity contribution in [3.05, 3.63) is 10.4 Å². The van der Waals surface area contributed by atoms with Crippen molar-refractivity contribution < 1.29 is 9.90 Å². The maximum Gasteiger partial charge on any atom is 0.234 e. The highest BCUT2D eigenvalue weighted by molar-refractivity contribution is 5.85. The van der Waals surface area contributed by atoms with Gasteiger partial charge in [0.15, 0.2) is 0 Å². The smallest absolute Gasteiger partial charge is 0.234 e. The topological polar surface area (TPSA) is 89.3 Å². The summed E-state index contributed by atoms with van der Waals surface area (Å²) in [7, 11) is 0. The fourth-order valence-corrected chi connectivity index (χ4v) is 2.15. The predicted molar refractivity (Wildman–Crippen MR) is 64.2 cm³/mol. The molecule has 1 amide bonds. The van der Waals surface area contributed by atoms with E-state index in [0.29, 0.717) is 19.0 Å². The van der Waals surface area contributed by atoms with Crippen LogP contribution in [0, 0.1) is 5.92 Å². The Morgan fingerprint density at radius 3 is 2.59 bits per heavy atom. The van der Waals surface area contributed by atoms with Crippen LogP contribution in [0.15, 0.2) is 5.11 Å². The fourth-order valence-electron chi connectivity index (χ4n) is 2.15. The standard InChI is InChI=1S/C11H20N4O2/c1-11(2,13-14-12)10(17)15-6-3-9(4-7-15)5-8-16/h9,16H,3-8H2,1-2H3. The van der Waals surface area contributed by atoms with Gasteiger partial charge in [-0.15, -0.1) is 0 Å². The van der Waals surface area contributed by atoms with Gasteiger partial charge in [0.2, 0.25) is 5.91 Å². The van der Waals surface area contributed by atoms with E-state index in [2.05, 4.69) is 10.0 Å². The largest absolute Gasteiger partial charge is 0.396 e. The second-order valence-electron chi connectivity index (χ2n) is 5.00. The number of aliphatic hydroxyl groups is 1. The molecule has 0 radical (unpaired) electrons. The molecule has 0 unspecified atom stereocenters. The molecule has 1 fully saturated rings. The molecule has 0 saturated carbocycles. The molecular formula is C11H20N4O2. The maximum absolute atomic E-state index is 12.1. The maximum atomic E-state index is 12.1. The van der Waals surface area contributed by atoms with Crippen LogP contribution < -0.4 is 0 Å². The lowest BCUT2D eigenvalue weighted by atomic mass is 9.92. The van der Waals surface area contributed by atoms with Crippen molar-refractivity contribution in [2.45, 2.75) is 38.6 Å². The van der Waals surface area contributed by atoms with Crippen molar-refractivity contribution in [3.63, 3.8) is 0 Å². The molecule has 6 nitrogen and oxygen atoms in total. The van der Waals surface area contributed by atoms with E-state index in [-0.39, 0.29) is 12.5 Å². The van der Waals surface area contributed by atoms with Crippen molar-refractivity contribution >= 4 is 5.91 Å². The molecule has 0 spiro atoms. The summed E-state index contributed by atoms with van der Waals surface area (Å²) < 4.78 is 0. The molecule has 0 bridgehead atoms. The highest BCUT2D eigenvalue weighted by Crippen LogP contribution is 2.23. The van der Waals surface area contributed by atoms with E-state index in [1.165, 1.54) is 0 Å². The molecule has 0 aromatic carbocycles. The molecule has 1 N–H and O–H groups in total. The average molecular weight is 240 g/mol. The lowest BCUT2D eigenvalue weighted by Gasteiger charge is -2.35. The molecule has 1 aliphatic rings. The van der Waals surface area contributed by atoms with Gasteiger partial charge in [-0.2, -0.15) is 0 Å². The van der Waals surface area contributed by atoms with Crippen LogP contribution in [0.25, 0.3) is 10.4 Å². The summed E-state index contributed by atoms with van der Waals surface area (Å²) in [4.78, 5) is 16.6. The number of nitrogens with zero attached hydrogens (tertiary/aromatic N) is 4. The van der Waals surface area contributed by atoms with Gasteiger partial charge >= 0.3 is 0 Å². The molecule has 1 heterocycles. The highest BCUT2D eigenvalue weighted by Gasteiger charge is 2.33. The Morgan fingerprint density at radius 2 is 2.12 bits per heavy atom. The van der Waals surface area contributed by atoms with E-state index in [1.807, 2.05) is 0 Å². The van der Waals surface area contributed by atoms with E-state index in [1.54, 1.807) is 18.7 Å². The summed E-state index contributed by atoms with van der Waals surface area (Å²) >= 11 is 0. The summed E-state index contributed by atoms with van der Waals surface area (Å²) in [6.07, 6.45) is 2.64. The Kier molecular flexibility index (Phi) is 4.78. The predicted octanol–water partition coefficient (Wildman–Crippen LogP) is 1.70. The summed E-state index contributed by atoms with van der Waals surface area (Å²) in [5.74, 6) is 0.393. The van der Waals surface area contributed by atoms with Gasteiger partial charge in [0.1, 0.15) is 5.54 Å². The molecule has 17 heavy (non-hydrogen) atoms. The van der Waals surface area contributed by atoms with Gasteiger partial charge in [-0.1, -0.05) is 5.11 Å². The molecule has 1 saturated heterocycles. The van der Waals surface area contributed by atoms with Gasteiger partial charge in [0.05, 0.1) is 0 Å². The third-order valence-corrected chi connectivity index (χ3v) is 3.26. The molecule has 0 aromatic heterocycles. The second-order valence-corrected chi connectivity index (χ2v) is 5.00. The van der Waals surface area contributed by atoms with Crippen molar-refractivity contribution in [1.29, 1.82) is 0 Å². The van der Waals surface area contributed by atoms with Crippen molar-refractivity contribution in [2.24, 2.45) is 11.0 Å². The Bertz CT molecular complexity index is 315. The van der Waals surface area contributed by atoms with Crippen molar-refractivity contribution in [3.8, 4) is 0 Å². The minimum atomic E-state index is -1.00. The van der Waals surface area contributed by atoms with Crippen LogP contribution in [0.2, 0.25) is 0 Å². The molecule has 0 atom stereocenters. The number of hydrogen-bond donors (Lipinski definition) is 1. The summed E-state index contributed by atoms with van der Waals surface area (Å²) in [6, 6.07) is 0. The van der Waals surface area contributed by atoms with Crippen LogP contribution in [-0.2, 0) is 4.79 Å². The molecular weight excluding hydrogens is 220 g/mol. The van der Waals surface area contributed by atoms with Gasteiger partial charge in [0.25, 0.3) is 0 Å². The Morgan fingerprint density at radius 1 is 1.53 bits per heavy atom. The first-order valence-corrected chi connectivity index (χ1v) is 5.97. The average Bonchev–Trinajstić information content (AvgIpc) is 2.29. The molecule has 1 rings (SSSR count). The lowest BCUT2D eigenvalue weighted by Crippen LogP contribution is -2.47. The van der Waals surface area contributed by atoms with Crippen molar-refractivity contribution in [1.82, 2.24) is 4.90 Å². The van der Waals surface area contributed by atoms with Crippen LogP contribution in [0.5, 0.6) is 0 Å². The SMILES string of the molecule is CC(C)(N=[N+]=[N-])C(=O)N1CCC(CCO)CC1. The third kappa shape index (κ3) is 3.61. The van der Waals surface area contributed by atoms with E-state index in [9.17, 15) is 4.79 Å². The van der Waals surface area contributed by atoms with Gasteiger partial charge in [-0.25, -0.2) is 0 Å². The zero-order valence-electron chi connectivity index (χ0n) is 10.5. The number of carbonyl (C=O) groups is 1. The van der Waals surface area contributed by atoms with Crippen LogP contribution >= 0.6 is 0 Å². The summed E-state index contributed by atoms with van der Waals surface area (Å²) in [5.41, 5.74) is 7.42. The minimum absolute atomic E-state index is 0.113. The van der Waals surface area contributed by atoms with Crippen molar-refractivity contribution in [2.75, 3.05) is 19.7 Å². The lowest BCUT2D eigenvalue weighted by molar-refractivity contribution is -0.137. The summed E-state index contributed by atoms with van der Waals surface area (Å²) in [6.45, 7) is 4.86.